The van der Waals surface area contributed by atoms with E-state index in [-0.39, 0.29) is 11.4 Å². The van der Waals surface area contributed by atoms with Gasteiger partial charge in [0.05, 0.1) is 10.6 Å². The number of benzene rings is 1. The zero-order chi connectivity index (χ0) is 18.3. The average molecular weight is 365 g/mol. The van der Waals surface area contributed by atoms with Gasteiger partial charge in [0.15, 0.2) is 17.4 Å². The lowest BCUT2D eigenvalue weighted by molar-refractivity contribution is 0.319. The topological polar surface area (TPSA) is 105 Å². The van der Waals surface area contributed by atoms with Crippen molar-refractivity contribution in [1.82, 2.24) is 5.16 Å². The summed E-state index contributed by atoms with van der Waals surface area (Å²) in [6, 6.07) is 2.32. The second-order valence-electron chi connectivity index (χ2n) is 5.30. The van der Waals surface area contributed by atoms with E-state index in [2.05, 4.69) is 10.3 Å². The van der Waals surface area contributed by atoms with Crippen molar-refractivity contribution in [3.8, 4) is 28.0 Å². The van der Waals surface area contributed by atoms with Gasteiger partial charge in [-0.15, -0.1) is 11.3 Å². The van der Waals surface area contributed by atoms with E-state index in [0.29, 0.717) is 33.0 Å². The molecule has 0 radical (unpaired) electrons. The molecule has 9 heteroatoms. The van der Waals surface area contributed by atoms with Crippen molar-refractivity contribution < 1.29 is 23.6 Å². The molecule has 3 rings (SSSR count). The number of hydrogen-bond acceptors (Lipinski definition) is 6. The Bertz CT molecular complexity index is 975. The van der Waals surface area contributed by atoms with Gasteiger partial charge in [-0.3, -0.25) is 0 Å². The standard InChI is InChI=1S/C16H13F2N3O3S/c1-6-11(7(2)24-21-6)12-9(5-25-15(12)16(19)20-23)8-3-4-10(22)14(18)13(8)17/h3-5,22-23H,1-2H3,(H2,19,20). The number of hydrogen-bond donors (Lipinski definition) is 3. The van der Waals surface area contributed by atoms with Crippen LogP contribution in [-0.2, 0) is 0 Å². The summed E-state index contributed by atoms with van der Waals surface area (Å²) < 4.78 is 33.3. The fourth-order valence-electron chi connectivity index (χ4n) is 2.63. The Kier molecular flexibility index (Phi) is 4.17. The minimum absolute atomic E-state index is 0.0708. The monoisotopic (exact) mass is 365 g/mol. The maximum Gasteiger partial charge on any atom is 0.200 e. The molecule has 0 aliphatic heterocycles. The summed E-state index contributed by atoms with van der Waals surface area (Å²) in [4.78, 5) is 0.361. The number of halogens is 2. The third-order valence-electron chi connectivity index (χ3n) is 3.77. The average Bonchev–Trinajstić information content (AvgIpc) is 3.15. The predicted molar refractivity (Wildman–Crippen MR) is 88.8 cm³/mol. The molecule has 4 N–H and O–H groups in total. The molecular weight excluding hydrogens is 352 g/mol. The quantitative estimate of drug-likeness (QED) is 0.284. The Morgan fingerprint density at radius 1 is 1.20 bits per heavy atom. The summed E-state index contributed by atoms with van der Waals surface area (Å²) in [6.07, 6.45) is 0. The molecule has 3 aromatic rings. The highest BCUT2D eigenvalue weighted by Gasteiger charge is 2.26. The second kappa shape index (κ2) is 6.17. The molecule has 0 aliphatic carbocycles. The Morgan fingerprint density at radius 3 is 2.52 bits per heavy atom. The summed E-state index contributed by atoms with van der Waals surface area (Å²) in [6.45, 7) is 3.36. The molecule has 0 aliphatic rings. The van der Waals surface area contributed by atoms with Crippen LogP contribution in [0.4, 0.5) is 8.78 Å². The first kappa shape index (κ1) is 16.9. The van der Waals surface area contributed by atoms with Crippen molar-refractivity contribution in [3.63, 3.8) is 0 Å². The van der Waals surface area contributed by atoms with Crippen LogP contribution in [0.3, 0.4) is 0 Å². The molecule has 6 nitrogen and oxygen atoms in total. The molecule has 0 unspecified atom stereocenters. The molecule has 25 heavy (non-hydrogen) atoms. The highest BCUT2D eigenvalue weighted by Crippen LogP contribution is 2.43. The van der Waals surface area contributed by atoms with Crippen LogP contribution in [0, 0.1) is 25.5 Å². The summed E-state index contributed by atoms with van der Waals surface area (Å²) in [5.74, 6) is -3.06. The van der Waals surface area contributed by atoms with E-state index in [1.807, 2.05) is 0 Å². The summed E-state index contributed by atoms with van der Waals surface area (Å²) in [7, 11) is 0. The molecule has 0 saturated carbocycles. The number of aryl methyl sites for hydroxylation is 2. The third-order valence-corrected chi connectivity index (χ3v) is 4.77. The van der Waals surface area contributed by atoms with Gasteiger partial charge in [0, 0.05) is 27.6 Å². The van der Waals surface area contributed by atoms with E-state index in [1.165, 1.54) is 6.07 Å². The predicted octanol–water partition coefficient (Wildman–Crippen LogP) is 3.77. The van der Waals surface area contributed by atoms with Gasteiger partial charge in [-0.25, -0.2) is 4.39 Å². The molecule has 0 saturated heterocycles. The van der Waals surface area contributed by atoms with Crippen LogP contribution >= 0.6 is 11.3 Å². The highest BCUT2D eigenvalue weighted by molar-refractivity contribution is 7.13. The molecular formula is C16H13F2N3O3S. The number of phenols is 1. The molecule has 130 valence electrons. The fourth-order valence-corrected chi connectivity index (χ4v) is 3.60. The van der Waals surface area contributed by atoms with Crippen LogP contribution in [0.1, 0.15) is 16.3 Å². The minimum atomic E-state index is -1.35. The van der Waals surface area contributed by atoms with Crippen molar-refractivity contribution in [2.24, 2.45) is 10.9 Å². The molecule has 1 aromatic carbocycles. The Balaban J connectivity index is 2.37. The molecule has 0 amide bonds. The van der Waals surface area contributed by atoms with Gasteiger partial charge in [-0.1, -0.05) is 10.3 Å². The van der Waals surface area contributed by atoms with Crippen LogP contribution in [0.25, 0.3) is 22.3 Å². The van der Waals surface area contributed by atoms with Crippen LogP contribution in [0.5, 0.6) is 5.75 Å². The number of aromatic hydroxyl groups is 1. The lowest BCUT2D eigenvalue weighted by atomic mass is 9.95. The van der Waals surface area contributed by atoms with Crippen molar-refractivity contribution >= 4 is 17.2 Å². The number of phenolic OH excluding ortho intramolecular Hbond substituents is 1. The van der Waals surface area contributed by atoms with Crippen LogP contribution in [-0.4, -0.2) is 21.3 Å². The Labute approximate surface area is 144 Å². The van der Waals surface area contributed by atoms with Crippen molar-refractivity contribution in [2.45, 2.75) is 13.8 Å². The highest BCUT2D eigenvalue weighted by atomic mass is 32.1. The van der Waals surface area contributed by atoms with Gasteiger partial charge in [-0.05, 0) is 26.0 Å². The van der Waals surface area contributed by atoms with Gasteiger partial charge in [-0.2, -0.15) is 4.39 Å². The Morgan fingerprint density at radius 2 is 1.92 bits per heavy atom. The van der Waals surface area contributed by atoms with Crippen molar-refractivity contribution in [2.75, 3.05) is 0 Å². The van der Waals surface area contributed by atoms with Crippen LogP contribution in [0.15, 0.2) is 27.2 Å². The first-order valence-corrected chi connectivity index (χ1v) is 7.94. The minimum Gasteiger partial charge on any atom is -0.505 e. The van der Waals surface area contributed by atoms with Gasteiger partial charge < -0.3 is 20.6 Å². The summed E-state index contributed by atoms with van der Waals surface area (Å²) in [5.41, 5.74) is 7.46. The van der Waals surface area contributed by atoms with Gasteiger partial charge in [0.2, 0.25) is 5.82 Å². The molecule has 0 atom stereocenters. The molecule has 2 heterocycles. The second-order valence-corrected chi connectivity index (χ2v) is 6.18. The fraction of sp³-hybridized carbons (Fsp3) is 0.125. The van der Waals surface area contributed by atoms with Crippen molar-refractivity contribution in [3.05, 3.63) is 45.5 Å². The maximum absolute atomic E-state index is 14.4. The summed E-state index contributed by atoms with van der Waals surface area (Å²) in [5, 5.41) is 26.8. The number of thiophene rings is 1. The van der Waals surface area contributed by atoms with E-state index in [0.717, 1.165) is 17.4 Å². The Hall–Kier alpha value is -2.94. The molecule has 0 spiro atoms. The van der Waals surface area contributed by atoms with Gasteiger partial charge >= 0.3 is 0 Å². The normalized spacial score (nSPS) is 11.9. The maximum atomic E-state index is 14.4. The molecule has 2 aromatic heterocycles. The van der Waals surface area contributed by atoms with Gasteiger partial charge in [0.1, 0.15) is 5.76 Å². The first-order chi connectivity index (χ1) is 11.9. The SMILES string of the molecule is Cc1noc(C)c1-c1c(-c2ccc(O)c(F)c2F)csc1/C(N)=N/O. The number of oxime groups is 1. The van der Waals surface area contributed by atoms with Crippen molar-refractivity contribution in [1.29, 1.82) is 0 Å². The van der Waals surface area contributed by atoms with E-state index < -0.39 is 17.4 Å². The molecule has 0 fully saturated rings. The largest absolute Gasteiger partial charge is 0.505 e. The number of amidine groups is 1. The smallest absolute Gasteiger partial charge is 0.200 e. The summed E-state index contributed by atoms with van der Waals surface area (Å²) >= 11 is 1.10. The van der Waals surface area contributed by atoms with E-state index in [1.54, 1.807) is 19.2 Å². The third kappa shape index (κ3) is 2.62. The number of aromatic nitrogens is 1. The van der Waals surface area contributed by atoms with Crippen LogP contribution in [0.2, 0.25) is 0 Å². The lowest BCUT2D eigenvalue weighted by Crippen LogP contribution is -2.12. The first-order valence-electron chi connectivity index (χ1n) is 7.06. The van der Waals surface area contributed by atoms with Gasteiger partial charge in [0.25, 0.3) is 0 Å². The zero-order valence-electron chi connectivity index (χ0n) is 13.2. The number of rotatable bonds is 3. The van der Waals surface area contributed by atoms with E-state index in [9.17, 15) is 13.9 Å². The van der Waals surface area contributed by atoms with E-state index >= 15 is 0 Å². The number of nitrogens with two attached hydrogens (primary N) is 1. The lowest BCUT2D eigenvalue weighted by Gasteiger charge is -2.09. The number of nitrogens with zero attached hydrogens (tertiary/aromatic N) is 2. The van der Waals surface area contributed by atoms with E-state index in [4.69, 9.17) is 15.5 Å². The van der Waals surface area contributed by atoms with Crippen LogP contribution < -0.4 is 5.73 Å². The molecule has 0 bridgehead atoms. The zero-order valence-corrected chi connectivity index (χ0v) is 14.0.